The van der Waals surface area contributed by atoms with Gasteiger partial charge in [-0.3, -0.25) is 0 Å². The van der Waals surface area contributed by atoms with Gasteiger partial charge in [-0.05, 0) is 24.5 Å². The predicted octanol–water partition coefficient (Wildman–Crippen LogP) is 2.45. The normalized spacial score (nSPS) is 11.2. The molecule has 0 aliphatic heterocycles. The summed E-state index contributed by atoms with van der Waals surface area (Å²) < 4.78 is 5.82. The van der Waals surface area contributed by atoms with Crippen LogP contribution in [0, 0.1) is 0 Å². The summed E-state index contributed by atoms with van der Waals surface area (Å²) >= 11 is 0. The molecule has 0 saturated carbocycles. The molecular weight excluding hydrogens is 252 g/mol. The molecule has 0 bridgehead atoms. The third kappa shape index (κ3) is 3.26. The van der Waals surface area contributed by atoms with E-state index < -0.39 is 0 Å². The highest BCUT2D eigenvalue weighted by Gasteiger charge is 2.08. The fourth-order valence-electron chi connectivity index (χ4n) is 2.28. The molecule has 4 nitrogen and oxygen atoms in total. The lowest BCUT2D eigenvalue weighted by Gasteiger charge is -2.18. The van der Waals surface area contributed by atoms with Crippen LogP contribution in [-0.2, 0) is 6.61 Å². The number of likely N-dealkylation sites (N-methyl/N-ethyl adjacent to an activating group) is 1. The van der Waals surface area contributed by atoms with Crippen molar-refractivity contribution < 1.29 is 9.84 Å². The number of pyridine rings is 1. The molecule has 0 radical (unpaired) electrons. The molecule has 4 heteroatoms. The highest BCUT2D eigenvalue weighted by molar-refractivity contribution is 5.89. The summed E-state index contributed by atoms with van der Waals surface area (Å²) in [5.41, 5.74) is 0.830. The molecule has 2 aromatic rings. The summed E-state index contributed by atoms with van der Waals surface area (Å²) in [5, 5.41) is 11.3. The minimum atomic E-state index is -0.00671. The molecule has 0 amide bonds. The lowest BCUT2D eigenvalue weighted by molar-refractivity contribution is 0.219. The average molecular weight is 274 g/mol. The Hall–Kier alpha value is -1.65. The largest absolute Gasteiger partial charge is 0.476 e. The zero-order chi connectivity index (χ0) is 14.4. The zero-order valence-electron chi connectivity index (χ0n) is 12.2. The van der Waals surface area contributed by atoms with Crippen LogP contribution in [0.4, 0.5) is 0 Å². The number of fused-ring (bicyclic) bond motifs is 1. The van der Waals surface area contributed by atoms with E-state index in [0.29, 0.717) is 12.5 Å². The van der Waals surface area contributed by atoms with Crippen molar-refractivity contribution in [2.75, 3.05) is 26.2 Å². The number of rotatable bonds is 7. The van der Waals surface area contributed by atoms with Gasteiger partial charge >= 0.3 is 0 Å². The number of hydrogen-bond donors (Lipinski definition) is 1. The topological polar surface area (TPSA) is 45.6 Å². The number of benzene rings is 1. The molecular formula is C16H22N2O2. The smallest absolute Gasteiger partial charge is 0.221 e. The fourth-order valence-corrected chi connectivity index (χ4v) is 2.28. The highest BCUT2D eigenvalue weighted by atomic mass is 16.5. The molecule has 2 rings (SSSR count). The van der Waals surface area contributed by atoms with Crippen molar-refractivity contribution in [3.8, 4) is 5.88 Å². The molecule has 0 atom stereocenters. The van der Waals surface area contributed by atoms with E-state index in [-0.39, 0.29) is 6.61 Å². The van der Waals surface area contributed by atoms with Crippen molar-refractivity contribution in [3.05, 3.63) is 36.0 Å². The summed E-state index contributed by atoms with van der Waals surface area (Å²) in [6.07, 6.45) is 1.69. The Morgan fingerprint density at radius 2 is 1.85 bits per heavy atom. The first-order valence-electron chi connectivity index (χ1n) is 7.12. The molecule has 1 N–H and O–H groups in total. The predicted molar refractivity (Wildman–Crippen MR) is 80.9 cm³/mol. The number of hydrogen-bond acceptors (Lipinski definition) is 4. The van der Waals surface area contributed by atoms with Gasteiger partial charge in [-0.15, -0.1) is 0 Å². The third-order valence-corrected chi connectivity index (χ3v) is 3.55. The highest BCUT2D eigenvalue weighted by Crippen LogP contribution is 2.26. The first-order chi connectivity index (χ1) is 9.80. The fraction of sp³-hybridized carbons (Fsp3) is 0.438. The summed E-state index contributed by atoms with van der Waals surface area (Å²) in [5.74, 6) is 0.643. The monoisotopic (exact) mass is 274 g/mol. The van der Waals surface area contributed by atoms with Crippen LogP contribution in [0.15, 0.2) is 30.5 Å². The van der Waals surface area contributed by atoms with Crippen LogP contribution in [0.3, 0.4) is 0 Å². The Kier molecular flexibility index (Phi) is 5.32. The Balaban J connectivity index is 2.15. The minimum Gasteiger partial charge on any atom is -0.476 e. The molecule has 0 unspecified atom stereocenters. The molecule has 108 valence electrons. The Morgan fingerprint density at radius 1 is 1.15 bits per heavy atom. The average Bonchev–Trinajstić information content (AvgIpc) is 2.51. The van der Waals surface area contributed by atoms with Gasteiger partial charge in [0.05, 0.1) is 6.61 Å². The molecule has 0 aliphatic rings. The molecule has 1 aromatic heterocycles. The lowest BCUT2D eigenvalue weighted by Crippen LogP contribution is -2.28. The second kappa shape index (κ2) is 7.22. The number of aliphatic hydroxyl groups is 1. The zero-order valence-corrected chi connectivity index (χ0v) is 12.2. The Morgan fingerprint density at radius 3 is 2.50 bits per heavy atom. The molecule has 1 aromatic carbocycles. The Labute approximate surface area is 120 Å². The maximum absolute atomic E-state index is 9.35. The SMILES string of the molecule is CCN(CC)CCOc1ncc(CO)c2ccccc12. The lowest BCUT2D eigenvalue weighted by atomic mass is 10.1. The van der Waals surface area contributed by atoms with Crippen molar-refractivity contribution in [2.24, 2.45) is 0 Å². The van der Waals surface area contributed by atoms with Crippen LogP contribution in [-0.4, -0.2) is 41.2 Å². The second-order valence-corrected chi connectivity index (χ2v) is 4.67. The van der Waals surface area contributed by atoms with Crippen molar-refractivity contribution in [2.45, 2.75) is 20.5 Å². The molecule has 20 heavy (non-hydrogen) atoms. The van der Waals surface area contributed by atoms with Gasteiger partial charge in [0, 0.05) is 23.7 Å². The maximum Gasteiger partial charge on any atom is 0.221 e. The van der Waals surface area contributed by atoms with E-state index in [2.05, 4.69) is 23.7 Å². The number of aliphatic hydroxyl groups excluding tert-OH is 1. The van der Waals surface area contributed by atoms with Crippen molar-refractivity contribution in [3.63, 3.8) is 0 Å². The molecule has 0 saturated heterocycles. The van der Waals surface area contributed by atoms with E-state index in [4.69, 9.17) is 4.74 Å². The van der Waals surface area contributed by atoms with Gasteiger partial charge in [0.15, 0.2) is 0 Å². The second-order valence-electron chi connectivity index (χ2n) is 4.67. The van der Waals surface area contributed by atoms with Gasteiger partial charge in [0.2, 0.25) is 5.88 Å². The summed E-state index contributed by atoms with van der Waals surface area (Å²) in [7, 11) is 0. The molecule has 1 heterocycles. The minimum absolute atomic E-state index is 0.00671. The maximum atomic E-state index is 9.35. The van der Waals surface area contributed by atoms with Gasteiger partial charge in [0.25, 0.3) is 0 Å². The van der Waals surface area contributed by atoms with Crippen LogP contribution in [0.25, 0.3) is 10.8 Å². The molecule has 0 spiro atoms. The van der Waals surface area contributed by atoms with E-state index in [1.54, 1.807) is 6.20 Å². The number of aromatic nitrogens is 1. The first-order valence-corrected chi connectivity index (χ1v) is 7.12. The van der Waals surface area contributed by atoms with Gasteiger partial charge in [-0.25, -0.2) is 4.98 Å². The van der Waals surface area contributed by atoms with Crippen molar-refractivity contribution in [1.29, 1.82) is 0 Å². The van der Waals surface area contributed by atoms with Crippen molar-refractivity contribution >= 4 is 10.8 Å². The van der Waals surface area contributed by atoms with Crippen LogP contribution in [0.1, 0.15) is 19.4 Å². The van der Waals surface area contributed by atoms with Gasteiger partial charge in [-0.1, -0.05) is 32.0 Å². The van der Waals surface area contributed by atoms with Gasteiger partial charge < -0.3 is 14.7 Å². The Bertz CT molecular complexity index is 553. The van der Waals surface area contributed by atoms with E-state index >= 15 is 0 Å². The van der Waals surface area contributed by atoms with Crippen LogP contribution < -0.4 is 4.74 Å². The number of ether oxygens (including phenoxy) is 1. The van der Waals surface area contributed by atoms with Crippen LogP contribution >= 0.6 is 0 Å². The third-order valence-electron chi connectivity index (χ3n) is 3.55. The van der Waals surface area contributed by atoms with Crippen LogP contribution in [0.5, 0.6) is 5.88 Å². The van der Waals surface area contributed by atoms with Crippen LogP contribution in [0.2, 0.25) is 0 Å². The summed E-state index contributed by atoms with van der Waals surface area (Å²) in [6.45, 7) is 7.85. The number of nitrogens with zero attached hydrogens (tertiary/aromatic N) is 2. The molecule has 0 fully saturated rings. The van der Waals surface area contributed by atoms with E-state index in [1.807, 2.05) is 24.3 Å². The van der Waals surface area contributed by atoms with E-state index in [1.165, 1.54) is 0 Å². The van der Waals surface area contributed by atoms with Gasteiger partial charge in [0.1, 0.15) is 6.61 Å². The summed E-state index contributed by atoms with van der Waals surface area (Å²) in [4.78, 5) is 6.64. The molecule has 0 aliphatic carbocycles. The quantitative estimate of drug-likeness (QED) is 0.842. The van der Waals surface area contributed by atoms with E-state index in [9.17, 15) is 5.11 Å². The van der Waals surface area contributed by atoms with Crippen molar-refractivity contribution in [1.82, 2.24) is 9.88 Å². The standard InChI is InChI=1S/C16H22N2O2/c1-3-18(4-2)9-10-20-16-15-8-6-5-7-14(15)13(12-19)11-17-16/h5-8,11,19H,3-4,9-10,12H2,1-2H3. The van der Waals surface area contributed by atoms with E-state index in [0.717, 1.165) is 36.0 Å². The first kappa shape index (κ1) is 14.8. The summed E-state index contributed by atoms with van der Waals surface area (Å²) in [6, 6.07) is 7.89. The van der Waals surface area contributed by atoms with Gasteiger partial charge in [-0.2, -0.15) is 0 Å².